The second kappa shape index (κ2) is 9.71. The molecule has 4 aromatic rings. The number of ether oxygens (including phenoxy) is 1. The molecule has 0 saturated carbocycles. The van der Waals surface area contributed by atoms with Crippen LogP contribution in [0.5, 0.6) is 0 Å². The third-order valence-corrected chi connectivity index (χ3v) is 6.36. The molecule has 188 valence electrons. The summed E-state index contributed by atoms with van der Waals surface area (Å²) in [5.74, 6) is -4.24. The van der Waals surface area contributed by atoms with Crippen molar-refractivity contribution in [3.63, 3.8) is 0 Å². The molecule has 1 fully saturated rings. The maximum Gasteiger partial charge on any atom is 0.194 e. The standard InChI is InChI=1S/C22H18BrF3N6O4/c23-11-2-1-3-12(6-11)32-22(27-9-28-32)21-20(35)18(19(34)16(8-33)36-21)31-7-15(29-30-31)10-4-13(24)17(26)14(25)5-10/h1-7,9,16,18-21,33-35H,8H2/t16-,18+,19+,20-,21-/m1/s1. The molecule has 0 bridgehead atoms. The summed E-state index contributed by atoms with van der Waals surface area (Å²) in [7, 11) is 0. The molecule has 2 aromatic carbocycles. The van der Waals surface area contributed by atoms with E-state index in [2.05, 4.69) is 36.3 Å². The summed E-state index contributed by atoms with van der Waals surface area (Å²) < 4.78 is 49.9. The molecule has 36 heavy (non-hydrogen) atoms. The molecule has 0 amide bonds. The van der Waals surface area contributed by atoms with Gasteiger partial charge >= 0.3 is 0 Å². The van der Waals surface area contributed by atoms with Gasteiger partial charge in [-0.3, -0.25) is 0 Å². The molecule has 0 spiro atoms. The van der Waals surface area contributed by atoms with Crippen molar-refractivity contribution in [1.29, 1.82) is 0 Å². The van der Waals surface area contributed by atoms with Crippen LogP contribution in [-0.2, 0) is 4.74 Å². The van der Waals surface area contributed by atoms with Crippen LogP contribution in [0.4, 0.5) is 13.2 Å². The first-order valence-corrected chi connectivity index (χ1v) is 11.4. The molecule has 0 unspecified atom stereocenters. The van der Waals surface area contributed by atoms with Crippen LogP contribution in [0.15, 0.2) is 53.4 Å². The lowest BCUT2D eigenvalue weighted by molar-refractivity contribution is -0.210. The third-order valence-electron chi connectivity index (χ3n) is 5.87. The smallest absolute Gasteiger partial charge is 0.194 e. The molecule has 5 rings (SSSR count). The zero-order chi connectivity index (χ0) is 25.6. The fourth-order valence-electron chi connectivity index (χ4n) is 4.14. The average Bonchev–Trinajstić information content (AvgIpc) is 3.53. The van der Waals surface area contributed by atoms with E-state index in [0.29, 0.717) is 5.69 Å². The number of benzene rings is 2. The van der Waals surface area contributed by atoms with Gasteiger partial charge in [0.15, 0.2) is 23.3 Å². The third kappa shape index (κ3) is 4.30. The Labute approximate surface area is 209 Å². The fraction of sp³-hybridized carbons (Fsp3) is 0.273. The van der Waals surface area contributed by atoms with Crippen molar-refractivity contribution in [3.8, 4) is 16.9 Å². The van der Waals surface area contributed by atoms with Crippen molar-refractivity contribution in [2.24, 2.45) is 0 Å². The van der Waals surface area contributed by atoms with Gasteiger partial charge in [0.2, 0.25) is 0 Å². The summed E-state index contributed by atoms with van der Waals surface area (Å²) in [6.45, 7) is -0.595. The molecule has 10 nitrogen and oxygen atoms in total. The Morgan fingerprint density at radius 3 is 2.50 bits per heavy atom. The molecular formula is C22H18BrF3N6O4. The number of aliphatic hydroxyl groups excluding tert-OH is 3. The Hall–Kier alpha value is -3.17. The van der Waals surface area contributed by atoms with Gasteiger partial charge < -0.3 is 20.1 Å². The molecule has 1 aliphatic rings. The van der Waals surface area contributed by atoms with Crippen molar-refractivity contribution in [2.45, 2.75) is 30.5 Å². The van der Waals surface area contributed by atoms with Gasteiger partial charge in [-0.15, -0.1) is 5.10 Å². The number of aromatic nitrogens is 6. The maximum absolute atomic E-state index is 13.7. The van der Waals surface area contributed by atoms with E-state index < -0.39 is 54.5 Å². The van der Waals surface area contributed by atoms with Crippen LogP contribution in [0.25, 0.3) is 16.9 Å². The Morgan fingerprint density at radius 2 is 1.81 bits per heavy atom. The van der Waals surface area contributed by atoms with Crippen molar-refractivity contribution in [1.82, 2.24) is 29.8 Å². The minimum absolute atomic E-state index is 0.0342. The van der Waals surface area contributed by atoms with Crippen LogP contribution in [0.2, 0.25) is 0 Å². The van der Waals surface area contributed by atoms with Crippen LogP contribution in [-0.4, -0.2) is 70.0 Å². The molecule has 5 atom stereocenters. The van der Waals surface area contributed by atoms with Crippen LogP contribution < -0.4 is 0 Å². The van der Waals surface area contributed by atoms with Crippen LogP contribution in [0, 0.1) is 17.5 Å². The quantitative estimate of drug-likeness (QED) is 0.313. The maximum atomic E-state index is 13.7. The lowest BCUT2D eigenvalue weighted by Crippen LogP contribution is -2.53. The SMILES string of the molecule is OC[C@H]1O[C@@H](c2ncnn2-c2cccc(Br)c2)[C@H](O)[C@@H](n2cc(-c3cc(F)c(F)c(F)c3)nn2)[C@H]1O. The summed E-state index contributed by atoms with van der Waals surface area (Å²) in [5, 5.41) is 43.9. The highest BCUT2D eigenvalue weighted by Gasteiger charge is 2.48. The second-order valence-corrected chi connectivity index (χ2v) is 9.01. The molecule has 3 N–H and O–H groups in total. The molecule has 1 saturated heterocycles. The minimum Gasteiger partial charge on any atom is -0.394 e. The van der Waals surface area contributed by atoms with E-state index in [1.807, 2.05) is 6.07 Å². The zero-order valence-electron chi connectivity index (χ0n) is 18.2. The van der Waals surface area contributed by atoms with Crippen LogP contribution in [0.3, 0.4) is 0 Å². The van der Waals surface area contributed by atoms with Crippen LogP contribution in [0.1, 0.15) is 18.0 Å². The van der Waals surface area contributed by atoms with Gasteiger partial charge in [0.05, 0.1) is 18.5 Å². The zero-order valence-corrected chi connectivity index (χ0v) is 19.7. The van der Waals surface area contributed by atoms with Gasteiger partial charge in [-0.05, 0) is 30.3 Å². The van der Waals surface area contributed by atoms with Crippen LogP contribution >= 0.6 is 15.9 Å². The summed E-state index contributed by atoms with van der Waals surface area (Å²) >= 11 is 3.39. The Balaban J connectivity index is 1.52. The molecule has 1 aliphatic heterocycles. The van der Waals surface area contributed by atoms with Gasteiger partial charge in [0.25, 0.3) is 0 Å². The molecule has 14 heteroatoms. The van der Waals surface area contributed by atoms with Gasteiger partial charge in [-0.25, -0.2) is 27.5 Å². The van der Waals surface area contributed by atoms with E-state index in [9.17, 15) is 28.5 Å². The summed E-state index contributed by atoms with van der Waals surface area (Å²) in [6, 6.07) is 7.44. The van der Waals surface area contributed by atoms with E-state index >= 15 is 0 Å². The topological polar surface area (TPSA) is 131 Å². The predicted molar refractivity (Wildman–Crippen MR) is 120 cm³/mol. The van der Waals surface area contributed by atoms with Gasteiger partial charge in [-0.2, -0.15) is 5.10 Å². The molecule has 3 heterocycles. The first-order valence-electron chi connectivity index (χ1n) is 10.6. The number of hydrogen-bond acceptors (Lipinski definition) is 8. The van der Waals surface area contributed by atoms with Crippen molar-refractivity contribution in [2.75, 3.05) is 6.61 Å². The Kier molecular flexibility index (Phi) is 6.61. The number of nitrogens with zero attached hydrogens (tertiary/aromatic N) is 6. The Bertz CT molecular complexity index is 1380. The Morgan fingerprint density at radius 1 is 1.06 bits per heavy atom. The first-order chi connectivity index (χ1) is 17.3. The van der Waals surface area contributed by atoms with E-state index in [1.165, 1.54) is 17.2 Å². The number of halogens is 4. The van der Waals surface area contributed by atoms with Crippen molar-refractivity contribution in [3.05, 3.63) is 76.7 Å². The minimum atomic E-state index is -1.62. The van der Waals surface area contributed by atoms with E-state index in [0.717, 1.165) is 21.3 Å². The number of aliphatic hydroxyl groups is 3. The average molecular weight is 567 g/mol. The highest BCUT2D eigenvalue weighted by molar-refractivity contribution is 9.10. The van der Waals surface area contributed by atoms with Crippen molar-refractivity contribution >= 4 is 15.9 Å². The largest absolute Gasteiger partial charge is 0.394 e. The van der Waals surface area contributed by atoms with E-state index in [4.69, 9.17) is 4.74 Å². The van der Waals surface area contributed by atoms with E-state index in [-0.39, 0.29) is 17.1 Å². The van der Waals surface area contributed by atoms with Gasteiger partial charge in [0, 0.05) is 10.0 Å². The summed E-state index contributed by atoms with van der Waals surface area (Å²) in [4.78, 5) is 4.22. The highest BCUT2D eigenvalue weighted by Crippen LogP contribution is 2.38. The molecule has 2 aromatic heterocycles. The molecule has 0 radical (unpaired) electrons. The van der Waals surface area contributed by atoms with Crippen molar-refractivity contribution < 1.29 is 33.2 Å². The predicted octanol–water partition coefficient (Wildman–Crippen LogP) is 2.10. The fourth-order valence-corrected chi connectivity index (χ4v) is 4.52. The normalized spacial score (nSPS) is 24.2. The number of hydrogen-bond donors (Lipinski definition) is 3. The first kappa shape index (κ1) is 24.5. The van der Waals surface area contributed by atoms with Gasteiger partial charge in [-0.1, -0.05) is 27.2 Å². The highest BCUT2D eigenvalue weighted by atomic mass is 79.9. The monoisotopic (exact) mass is 566 g/mol. The van der Waals surface area contributed by atoms with Gasteiger partial charge in [0.1, 0.15) is 42.5 Å². The summed E-state index contributed by atoms with van der Waals surface area (Å²) in [6.07, 6.45) is -2.71. The lowest BCUT2D eigenvalue weighted by Gasteiger charge is -2.41. The second-order valence-electron chi connectivity index (χ2n) is 8.10. The summed E-state index contributed by atoms with van der Waals surface area (Å²) in [5.41, 5.74) is 0.478. The number of rotatable bonds is 5. The lowest BCUT2D eigenvalue weighted by atomic mass is 9.92. The molecular weight excluding hydrogens is 549 g/mol. The van der Waals surface area contributed by atoms with E-state index in [1.54, 1.807) is 18.2 Å². The molecule has 0 aliphatic carbocycles.